The maximum absolute atomic E-state index is 11.3. The molecule has 2 aliphatic heterocycles. The second-order valence-corrected chi connectivity index (χ2v) is 12.2. The molecule has 2 heterocycles. The van der Waals surface area contributed by atoms with Crippen LogP contribution < -0.4 is 4.74 Å². The van der Waals surface area contributed by atoms with Gasteiger partial charge in [-0.3, -0.25) is 4.90 Å². The Morgan fingerprint density at radius 3 is 2.58 bits per heavy atom. The van der Waals surface area contributed by atoms with Crippen molar-refractivity contribution in [3.8, 4) is 11.5 Å². The summed E-state index contributed by atoms with van der Waals surface area (Å²) in [6.07, 6.45) is 14.9. The third kappa shape index (κ3) is 5.45. The number of ether oxygens (including phenoxy) is 1. The average Bonchev–Trinajstić information content (AvgIpc) is 2.76. The fourth-order valence-corrected chi connectivity index (χ4v) is 6.53. The van der Waals surface area contributed by atoms with Crippen LogP contribution in [0.4, 0.5) is 0 Å². The normalized spacial score (nSPS) is 25.1. The van der Waals surface area contributed by atoms with Gasteiger partial charge in [0.15, 0.2) is 0 Å². The summed E-state index contributed by atoms with van der Waals surface area (Å²) in [5, 5.41) is 11.3. The Morgan fingerprint density at radius 1 is 1.09 bits per heavy atom. The van der Waals surface area contributed by atoms with Gasteiger partial charge in [-0.15, -0.1) is 0 Å². The van der Waals surface area contributed by atoms with Gasteiger partial charge in [0.25, 0.3) is 0 Å². The van der Waals surface area contributed by atoms with Gasteiger partial charge < -0.3 is 9.84 Å². The Bertz CT molecular complexity index is 847. The monoisotopic (exact) mass is 453 g/mol. The maximum Gasteiger partial charge on any atom is 0.127 e. The van der Waals surface area contributed by atoms with Gasteiger partial charge in [0, 0.05) is 23.9 Å². The highest BCUT2D eigenvalue weighted by Crippen LogP contribution is 2.55. The molecule has 1 fully saturated rings. The second-order valence-electron chi connectivity index (χ2n) is 12.2. The predicted octanol–water partition coefficient (Wildman–Crippen LogP) is 7.72. The van der Waals surface area contributed by atoms with Crippen LogP contribution >= 0.6 is 0 Å². The first kappa shape index (κ1) is 24.6. The lowest BCUT2D eigenvalue weighted by atomic mass is 9.66. The quantitative estimate of drug-likeness (QED) is 0.323. The van der Waals surface area contributed by atoms with E-state index in [1.807, 2.05) is 0 Å². The van der Waals surface area contributed by atoms with Crippen molar-refractivity contribution in [3.05, 3.63) is 34.9 Å². The third-order valence-electron chi connectivity index (χ3n) is 8.70. The molecule has 1 N–H and O–H groups in total. The molecule has 33 heavy (non-hydrogen) atoms. The van der Waals surface area contributed by atoms with Crippen molar-refractivity contribution < 1.29 is 9.84 Å². The van der Waals surface area contributed by atoms with Crippen LogP contribution in [0.2, 0.25) is 0 Å². The molecule has 1 aromatic rings. The summed E-state index contributed by atoms with van der Waals surface area (Å²) in [6.45, 7) is 15.0. The van der Waals surface area contributed by atoms with Gasteiger partial charge in [0.1, 0.15) is 17.1 Å². The molecule has 3 heteroatoms. The number of unbranched alkanes of at least 4 members (excludes halogenated alkanes) is 3. The number of hydrogen-bond acceptors (Lipinski definition) is 3. The van der Waals surface area contributed by atoms with E-state index in [1.165, 1.54) is 63.6 Å². The molecular formula is C30H47NO2. The number of nitrogens with zero attached hydrogens (tertiary/aromatic N) is 1. The number of phenols is 1. The van der Waals surface area contributed by atoms with Crippen molar-refractivity contribution in [1.82, 2.24) is 4.90 Å². The zero-order valence-electron chi connectivity index (χ0n) is 21.9. The SMILES string of the molecule is CCCCCCC(C)(C)c1cc(O)c2c(c1)OC(C)(C)[C@H]1CC=C(CN3CCCCC3)CC21. The highest BCUT2D eigenvalue weighted by molar-refractivity contribution is 5.54. The number of hydrogen-bond donors (Lipinski definition) is 1. The number of fused-ring (bicyclic) bond motifs is 3. The first-order chi connectivity index (χ1) is 15.7. The van der Waals surface area contributed by atoms with E-state index >= 15 is 0 Å². The Hall–Kier alpha value is -1.48. The van der Waals surface area contributed by atoms with E-state index in [4.69, 9.17) is 4.74 Å². The second kappa shape index (κ2) is 10.0. The first-order valence-electron chi connectivity index (χ1n) is 13.7. The number of piperidine rings is 1. The van der Waals surface area contributed by atoms with Crippen LogP contribution in [0.15, 0.2) is 23.8 Å². The van der Waals surface area contributed by atoms with Crippen LogP contribution in [0.25, 0.3) is 0 Å². The predicted molar refractivity (Wildman–Crippen MR) is 138 cm³/mol. The van der Waals surface area contributed by atoms with Crippen LogP contribution in [0.3, 0.4) is 0 Å². The molecule has 0 bridgehead atoms. The molecule has 1 saturated heterocycles. The van der Waals surface area contributed by atoms with Crippen molar-refractivity contribution >= 4 is 0 Å². The lowest BCUT2D eigenvalue weighted by molar-refractivity contribution is 0.00681. The van der Waals surface area contributed by atoms with E-state index in [-0.39, 0.29) is 11.0 Å². The number of allylic oxidation sites excluding steroid dienone is 1. The fraction of sp³-hybridized carbons (Fsp3) is 0.733. The van der Waals surface area contributed by atoms with E-state index in [2.05, 4.69) is 57.7 Å². The molecule has 1 aromatic carbocycles. The minimum Gasteiger partial charge on any atom is -0.508 e. The standard InChI is InChI=1S/C30H47NO2/c1-6-7-8-10-15-29(2,3)23-19-26(32)28-24-18-22(21-31-16-11-9-12-17-31)13-14-25(24)30(4,5)33-27(28)20-23/h13,19-20,24-25,32H,6-12,14-18,21H2,1-5H3/t24?,25-/m0/s1. The van der Waals surface area contributed by atoms with Crippen molar-refractivity contribution in [1.29, 1.82) is 0 Å². The largest absolute Gasteiger partial charge is 0.508 e. The third-order valence-corrected chi connectivity index (χ3v) is 8.70. The van der Waals surface area contributed by atoms with Gasteiger partial charge >= 0.3 is 0 Å². The lowest BCUT2D eigenvalue weighted by Gasteiger charge is -2.48. The molecule has 3 nitrogen and oxygen atoms in total. The lowest BCUT2D eigenvalue weighted by Crippen LogP contribution is -2.46. The van der Waals surface area contributed by atoms with E-state index in [0.717, 1.165) is 37.1 Å². The molecule has 0 radical (unpaired) electrons. The molecule has 0 saturated carbocycles. The van der Waals surface area contributed by atoms with Gasteiger partial charge in [0.05, 0.1) is 0 Å². The molecule has 184 valence electrons. The van der Waals surface area contributed by atoms with Crippen molar-refractivity contribution in [2.75, 3.05) is 19.6 Å². The first-order valence-corrected chi connectivity index (χ1v) is 13.7. The summed E-state index contributed by atoms with van der Waals surface area (Å²) in [4.78, 5) is 2.63. The zero-order valence-corrected chi connectivity index (χ0v) is 21.9. The topological polar surface area (TPSA) is 32.7 Å². The molecule has 1 aliphatic carbocycles. The van der Waals surface area contributed by atoms with Crippen molar-refractivity contribution in [3.63, 3.8) is 0 Å². The summed E-state index contributed by atoms with van der Waals surface area (Å²) < 4.78 is 6.63. The van der Waals surface area contributed by atoms with Crippen LogP contribution in [-0.2, 0) is 5.41 Å². The van der Waals surface area contributed by atoms with Gasteiger partial charge in [0.2, 0.25) is 0 Å². The summed E-state index contributed by atoms with van der Waals surface area (Å²) in [7, 11) is 0. The number of likely N-dealkylation sites (tertiary alicyclic amines) is 1. The van der Waals surface area contributed by atoms with Gasteiger partial charge in [-0.2, -0.15) is 0 Å². The Morgan fingerprint density at radius 2 is 1.85 bits per heavy atom. The molecule has 4 rings (SSSR count). The molecule has 1 unspecified atom stereocenters. The van der Waals surface area contributed by atoms with E-state index < -0.39 is 0 Å². The fourth-order valence-electron chi connectivity index (χ4n) is 6.53. The minimum atomic E-state index is -0.221. The van der Waals surface area contributed by atoms with Crippen LogP contribution in [0, 0.1) is 5.92 Å². The van der Waals surface area contributed by atoms with E-state index in [0.29, 0.717) is 17.6 Å². The smallest absolute Gasteiger partial charge is 0.127 e. The van der Waals surface area contributed by atoms with Crippen molar-refractivity contribution in [2.45, 2.75) is 116 Å². The van der Waals surface area contributed by atoms with E-state index in [1.54, 1.807) is 5.57 Å². The Kier molecular flexibility index (Phi) is 7.48. The summed E-state index contributed by atoms with van der Waals surface area (Å²) >= 11 is 0. The zero-order chi connectivity index (χ0) is 23.6. The minimum absolute atomic E-state index is 0.0382. The highest BCUT2D eigenvalue weighted by Gasteiger charge is 2.46. The van der Waals surface area contributed by atoms with Crippen LogP contribution in [0.5, 0.6) is 11.5 Å². The molecular weight excluding hydrogens is 406 g/mol. The van der Waals surface area contributed by atoms with Gasteiger partial charge in [-0.25, -0.2) is 0 Å². The van der Waals surface area contributed by atoms with Gasteiger partial charge in [-0.05, 0) is 82.2 Å². The average molecular weight is 454 g/mol. The molecule has 2 atom stereocenters. The van der Waals surface area contributed by atoms with E-state index in [9.17, 15) is 5.11 Å². The number of phenolic OH excluding ortho intramolecular Hbond substituents is 1. The number of rotatable bonds is 8. The van der Waals surface area contributed by atoms with Crippen LogP contribution in [-0.4, -0.2) is 35.2 Å². The highest BCUT2D eigenvalue weighted by atomic mass is 16.5. The van der Waals surface area contributed by atoms with Crippen molar-refractivity contribution in [2.24, 2.45) is 5.92 Å². The van der Waals surface area contributed by atoms with Gasteiger partial charge in [-0.1, -0.05) is 64.5 Å². The molecule has 0 aromatic heterocycles. The summed E-state index contributed by atoms with van der Waals surface area (Å²) in [6, 6.07) is 4.31. The summed E-state index contributed by atoms with van der Waals surface area (Å²) in [5.74, 6) is 2.13. The van der Waals surface area contributed by atoms with Crippen LogP contribution in [0.1, 0.15) is 116 Å². The molecule has 0 amide bonds. The number of benzene rings is 1. The molecule has 0 spiro atoms. The number of aromatic hydroxyl groups is 1. The molecule has 3 aliphatic rings. The Labute approximate surface area is 202 Å². The summed E-state index contributed by atoms with van der Waals surface area (Å²) in [5.41, 5.74) is 3.65. The maximum atomic E-state index is 11.3. The Balaban J connectivity index is 1.57.